The van der Waals surface area contributed by atoms with Crippen molar-refractivity contribution >= 4 is 49.3 Å². The Hall–Kier alpha value is -4.48. The van der Waals surface area contributed by atoms with E-state index in [-0.39, 0.29) is 0 Å². The SMILES string of the molecule is C#C.C/C=C\C(=C/Cn1c2ccccc2c2ccccc21)n1c2ccccc2c2ccccc21. The van der Waals surface area contributed by atoms with Gasteiger partial charge in [0, 0.05) is 44.8 Å². The molecule has 2 aromatic heterocycles. The highest BCUT2D eigenvalue weighted by Crippen LogP contribution is 2.33. The maximum atomic E-state index is 4.00. The lowest BCUT2D eigenvalue weighted by molar-refractivity contribution is 0.896. The van der Waals surface area contributed by atoms with Crippen molar-refractivity contribution in [1.82, 2.24) is 9.13 Å². The normalized spacial score (nSPS) is 12.0. The van der Waals surface area contributed by atoms with Crippen LogP contribution in [0.15, 0.2) is 115 Å². The van der Waals surface area contributed by atoms with Crippen LogP contribution in [0.4, 0.5) is 0 Å². The van der Waals surface area contributed by atoms with Crippen molar-refractivity contribution in [2.45, 2.75) is 13.5 Å². The lowest BCUT2D eigenvalue weighted by Gasteiger charge is -2.11. The molecule has 0 bridgehead atoms. The minimum absolute atomic E-state index is 0.800. The standard InChI is InChI=1S/C30H24N2.C2H2/c1-2-11-22(32-29-18-9-5-14-25(29)26-15-6-10-19-30(26)32)20-21-31-27-16-7-3-12-23(27)24-13-4-8-17-28(24)31;1-2/h2-20H,21H2,1H3;1-2H/b11-2-,22-20+;. The van der Waals surface area contributed by atoms with Crippen LogP contribution in [0.2, 0.25) is 0 Å². The van der Waals surface area contributed by atoms with E-state index >= 15 is 0 Å². The van der Waals surface area contributed by atoms with Crippen molar-refractivity contribution in [1.29, 1.82) is 0 Å². The van der Waals surface area contributed by atoms with Gasteiger partial charge in [-0.05, 0) is 43.3 Å². The van der Waals surface area contributed by atoms with Gasteiger partial charge in [-0.1, -0.05) is 78.9 Å². The summed E-state index contributed by atoms with van der Waals surface area (Å²) >= 11 is 0. The van der Waals surface area contributed by atoms with Crippen LogP contribution in [0.5, 0.6) is 0 Å². The molecule has 0 fully saturated rings. The Bertz CT molecular complexity index is 1600. The molecule has 0 unspecified atom stereocenters. The van der Waals surface area contributed by atoms with Crippen LogP contribution in [0, 0.1) is 12.8 Å². The van der Waals surface area contributed by atoms with Crippen molar-refractivity contribution in [3.05, 3.63) is 115 Å². The Balaban J connectivity index is 0.00000117. The van der Waals surface area contributed by atoms with Gasteiger partial charge in [0.05, 0.1) is 11.0 Å². The molecule has 0 saturated carbocycles. The van der Waals surface area contributed by atoms with Gasteiger partial charge in [0.25, 0.3) is 0 Å². The highest BCUT2D eigenvalue weighted by Gasteiger charge is 2.13. The van der Waals surface area contributed by atoms with Crippen LogP contribution in [0.3, 0.4) is 0 Å². The first-order chi connectivity index (χ1) is 16.9. The van der Waals surface area contributed by atoms with Crippen molar-refractivity contribution < 1.29 is 0 Å². The second-order valence-corrected chi connectivity index (χ2v) is 8.14. The molecule has 0 spiro atoms. The van der Waals surface area contributed by atoms with Gasteiger partial charge in [-0.25, -0.2) is 0 Å². The summed E-state index contributed by atoms with van der Waals surface area (Å²) in [6.45, 7) is 2.89. The molecule has 2 heteroatoms. The predicted octanol–water partition coefficient (Wildman–Crippen LogP) is 8.27. The maximum Gasteiger partial charge on any atom is 0.0540 e. The number of nitrogens with zero attached hydrogens (tertiary/aromatic N) is 2. The van der Waals surface area contributed by atoms with E-state index in [0.29, 0.717) is 0 Å². The largest absolute Gasteiger partial charge is 0.336 e. The molecule has 0 aliphatic heterocycles. The number of hydrogen-bond acceptors (Lipinski definition) is 0. The summed E-state index contributed by atoms with van der Waals surface area (Å²) in [7, 11) is 0. The second-order valence-electron chi connectivity index (χ2n) is 8.14. The van der Waals surface area contributed by atoms with Gasteiger partial charge >= 0.3 is 0 Å². The average molecular weight is 439 g/mol. The van der Waals surface area contributed by atoms with Crippen LogP contribution in [-0.4, -0.2) is 9.13 Å². The Morgan fingerprint density at radius 1 is 0.618 bits per heavy atom. The van der Waals surface area contributed by atoms with Gasteiger partial charge in [0.15, 0.2) is 0 Å². The van der Waals surface area contributed by atoms with Gasteiger partial charge < -0.3 is 9.13 Å². The Morgan fingerprint density at radius 3 is 1.44 bits per heavy atom. The van der Waals surface area contributed by atoms with Crippen molar-refractivity contribution in [2.24, 2.45) is 0 Å². The second kappa shape index (κ2) is 9.17. The van der Waals surface area contributed by atoms with E-state index in [0.717, 1.165) is 6.54 Å². The van der Waals surface area contributed by atoms with Crippen LogP contribution in [-0.2, 0) is 6.54 Å². The number of aromatic nitrogens is 2. The average Bonchev–Trinajstić information content (AvgIpc) is 3.41. The summed E-state index contributed by atoms with van der Waals surface area (Å²) in [5.41, 5.74) is 6.20. The predicted molar refractivity (Wildman–Crippen MR) is 148 cm³/mol. The number of allylic oxidation sites excluding steroid dienone is 4. The highest BCUT2D eigenvalue weighted by atomic mass is 15.0. The molecule has 34 heavy (non-hydrogen) atoms. The molecule has 4 aromatic carbocycles. The zero-order valence-electron chi connectivity index (χ0n) is 19.2. The van der Waals surface area contributed by atoms with Crippen LogP contribution < -0.4 is 0 Å². The molecule has 0 radical (unpaired) electrons. The minimum Gasteiger partial charge on any atom is -0.336 e. The first-order valence-electron chi connectivity index (χ1n) is 11.5. The molecule has 0 aliphatic rings. The van der Waals surface area contributed by atoms with E-state index in [1.807, 2.05) is 0 Å². The fraction of sp³-hybridized carbons (Fsp3) is 0.0625. The van der Waals surface area contributed by atoms with Crippen LogP contribution in [0.25, 0.3) is 49.3 Å². The molecule has 6 aromatic rings. The molecule has 2 heterocycles. The first-order valence-corrected chi connectivity index (χ1v) is 11.5. The fourth-order valence-corrected chi connectivity index (χ4v) is 4.99. The molecule has 0 N–H and O–H groups in total. The summed E-state index contributed by atoms with van der Waals surface area (Å²) in [6.07, 6.45) is 14.7. The van der Waals surface area contributed by atoms with Crippen molar-refractivity contribution in [3.8, 4) is 12.8 Å². The Labute approximate surface area is 200 Å². The summed E-state index contributed by atoms with van der Waals surface area (Å²) in [4.78, 5) is 0. The van der Waals surface area contributed by atoms with Gasteiger partial charge in [-0.3, -0.25) is 0 Å². The van der Waals surface area contributed by atoms with Crippen molar-refractivity contribution in [2.75, 3.05) is 0 Å². The van der Waals surface area contributed by atoms with E-state index in [1.165, 1.54) is 49.3 Å². The molecule has 2 nitrogen and oxygen atoms in total. The van der Waals surface area contributed by atoms with Crippen LogP contribution >= 0.6 is 0 Å². The van der Waals surface area contributed by atoms with Gasteiger partial charge in [0.1, 0.15) is 0 Å². The molecular formula is C32H26N2. The molecule has 0 atom stereocenters. The number of hydrogen-bond donors (Lipinski definition) is 0. The Morgan fingerprint density at radius 2 is 1.00 bits per heavy atom. The van der Waals surface area contributed by atoms with E-state index in [2.05, 4.69) is 144 Å². The monoisotopic (exact) mass is 438 g/mol. The van der Waals surface area contributed by atoms with Crippen LogP contribution in [0.1, 0.15) is 6.92 Å². The third-order valence-electron chi connectivity index (χ3n) is 6.34. The van der Waals surface area contributed by atoms with Gasteiger partial charge in [-0.2, -0.15) is 0 Å². The zero-order chi connectivity index (χ0) is 23.5. The van der Waals surface area contributed by atoms with E-state index in [1.54, 1.807) is 0 Å². The number of fused-ring (bicyclic) bond motifs is 6. The summed E-state index contributed by atoms with van der Waals surface area (Å²) in [6, 6.07) is 34.7. The fourth-order valence-electron chi connectivity index (χ4n) is 4.99. The zero-order valence-corrected chi connectivity index (χ0v) is 19.2. The van der Waals surface area contributed by atoms with E-state index in [4.69, 9.17) is 0 Å². The lowest BCUT2D eigenvalue weighted by atomic mass is 10.2. The number of para-hydroxylation sites is 4. The molecular weight excluding hydrogens is 412 g/mol. The summed E-state index contributed by atoms with van der Waals surface area (Å²) in [5, 5.41) is 5.19. The topological polar surface area (TPSA) is 9.86 Å². The molecule has 0 aliphatic carbocycles. The number of benzene rings is 4. The third kappa shape index (κ3) is 3.39. The summed E-state index contributed by atoms with van der Waals surface area (Å²) < 4.78 is 4.81. The number of rotatable bonds is 4. The van der Waals surface area contributed by atoms with E-state index in [9.17, 15) is 0 Å². The highest BCUT2D eigenvalue weighted by molar-refractivity contribution is 6.10. The molecule has 6 rings (SSSR count). The first kappa shape index (κ1) is 21.4. The smallest absolute Gasteiger partial charge is 0.0540 e. The molecule has 164 valence electrons. The van der Waals surface area contributed by atoms with Crippen molar-refractivity contribution in [3.63, 3.8) is 0 Å². The lowest BCUT2D eigenvalue weighted by Crippen LogP contribution is -1.99. The Kier molecular flexibility index (Phi) is 5.77. The minimum atomic E-state index is 0.800. The van der Waals surface area contributed by atoms with Gasteiger partial charge in [-0.15, -0.1) is 12.8 Å². The van der Waals surface area contributed by atoms with E-state index < -0.39 is 0 Å². The third-order valence-corrected chi connectivity index (χ3v) is 6.34. The summed E-state index contributed by atoms with van der Waals surface area (Å²) in [5.74, 6) is 0. The quantitative estimate of drug-likeness (QED) is 0.194. The molecule has 0 amide bonds. The number of terminal acetylenes is 1. The van der Waals surface area contributed by atoms with Gasteiger partial charge in [0.2, 0.25) is 0 Å². The molecule has 0 saturated heterocycles. The maximum absolute atomic E-state index is 4.00.